The quantitative estimate of drug-likeness (QED) is 0.368. The van der Waals surface area contributed by atoms with E-state index in [1.165, 1.54) is 0 Å². The maximum Gasteiger partial charge on any atom is 0.254 e. The highest BCUT2D eigenvalue weighted by Crippen LogP contribution is 2.27. The number of rotatable bonds is 9. The van der Waals surface area contributed by atoms with Gasteiger partial charge in [0.05, 0.1) is 11.3 Å². The number of H-pyrrole nitrogens is 1. The van der Waals surface area contributed by atoms with Crippen molar-refractivity contribution in [1.82, 2.24) is 20.1 Å². The third-order valence-corrected chi connectivity index (χ3v) is 6.99. The van der Waals surface area contributed by atoms with Crippen LogP contribution in [0.1, 0.15) is 34.5 Å². The number of hydrogen-bond acceptors (Lipinski definition) is 4. The highest BCUT2D eigenvalue weighted by Gasteiger charge is 2.21. The molecule has 0 aliphatic carbocycles. The van der Waals surface area contributed by atoms with Gasteiger partial charge in [0.1, 0.15) is 6.29 Å². The zero-order valence-electron chi connectivity index (χ0n) is 19.8. The molecule has 1 saturated heterocycles. The first-order valence-electron chi connectivity index (χ1n) is 11.9. The highest BCUT2D eigenvalue weighted by atomic mass is 79.9. The van der Waals surface area contributed by atoms with Crippen LogP contribution >= 0.6 is 27.5 Å². The summed E-state index contributed by atoms with van der Waals surface area (Å²) in [5.74, 6) is -0.109. The molecule has 1 aromatic heterocycles. The van der Waals surface area contributed by atoms with Crippen molar-refractivity contribution in [3.05, 3.63) is 68.8 Å². The SMILES string of the molecule is O=CCCC(=O)N1CCN(CCNC(=O)c2c(/C=C/c3ccc(Cl)cc3)[nH]c3cc(Br)ccc23)CC1. The molecule has 188 valence electrons. The average Bonchev–Trinajstić information content (AvgIpc) is 3.24. The molecule has 1 aliphatic heterocycles. The minimum absolute atomic E-state index is 0.0280. The van der Waals surface area contributed by atoms with Crippen LogP contribution in [-0.2, 0) is 9.59 Å². The maximum absolute atomic E-state index is 13.3. The number of fused-ring (bicyclic) bond motifs is 1. The summed E-state index contributed by atoms with van der Waals surface area (Å²) in [4.78, 5) is 43.3. The first-order chi connectivity index (χ1) is 17.4. The number of aromatic amines is 1. The van der Waals surface area contributed by atoms with Gasteiger partial charge in [0.2, 0.25) is 5.91 Å². The van der Waals surface area contributed by atoms with Gasteiger partial charge in [-0.1, -0.05) is 51.8 Å². The van der Waals surface area contributed by atoms with Gasteiger partial charge in [-0.05, 0) is 35.9 Å². The van der Waals surface area contributed by atoms with Crippen LogP contribution in [-0.4, -0.2) is 72.2 Å². The maximum atomic E-state index is 13.3. The van der Waals surface area contributed by atoms with Crippen LogP contribution in [0.3, 0.4) is 0 Å². The molecule has 7 nitrogen and oxygen atoms in total. The fourth-order valence-corrected chi connectivity index (χ4v) is 4.78. The van der Waals surface area contributed by atoms with Gasteiger partial charge in [0.15, 0.2) is 0 Å². The number of piperazine rings is 1. The molecule has 1 aliphatic rings. The Labute approximate surface area is 223 Å². The van der Waals surface area contributed by atoms with E-state index in [-0.39, 0.29) is 24.7 Å². The Bertz CT molecular complexity index is 1260. The van der Waals surface area contributed by atoms with E-state index in [1.807, 2.05) is 59.5 Å². The second-order valence-corrected chi connectivity index (χ2v) is 10.0. The topological polar surface area (TPSA) is 85.5 Å². The second-order valence-electron chi connectivity index (χ2n) is 8.67. The van der Waals surface area contributed by atoms with Crippen molar-refractivity contribution in [3.8, 4) is 0 Å². The molecule has 1 fully saturated rings. The van der Waals surface area contributed by atoms with Crippen LogP contribution in [0.25, 0.3) is 23.1 Å². The van der Waals surface area contributed by atoms with Gasteiger partial charge in [-0.25, -0.2) is 0 Å². The molecule has 36 heavy (non-hydrogen) atoms. The van der Waals surface area contributed by atoms with Gasteiger partial charge in [0.25, 0.3) is 5.91 Å². The number of hydrogen-bond donors (Lipinski definition) is 2. The Balaban J connectivity index is 1.39. The first-order valence-corrected chi connectivity index (χ1v) is 13.1. The van der Waals surface area contributed by atoms with Crippen molar-refractivity contribution in [2.24, 2.45) is 0 Å². The van der Waals surface area contributed by atoms with E-state index in [4.69, 9.17) is 11.6 Å². The van der Waals surface area contributed by atoms with Crippen molar-refractivity contribution in [2.45, 2.75) is 12.8 Å². The lowest BCUT2D eigenvalue weighted by atomic mass is 10.1. The zero-order chi connectivity index (χ0) is 25.5. The second kappa shape index (κ2) is 12.3. The molecule has 3 aromatic rings. The van der Waals surface area contributed by atoms with Gasteiger partial charge < -0.3 is 20.0 Å². The van der Waals surface area contributed by atoms with Crippen molar-refractivity contribution in [1.29, 1.82) is 0 Å². The monoisotopic (exact) mass is 570 g/mol. The number of carbonyl (C=O) groups is 3. The van der Waals surface area contributed by atoms with Crippen LogP contribution in [0.5, 0.6) is 0 Å². The van der Waals surface area contributed by atoms with E-state index in [9.17, 15) is 14.4 Å². The van der Waals surface area contributed by atoms with Gasteiger partial charge >= 0.3 is 0 Å². The van der Waals surface area contributed by atoms with Gasteiger partial charge in [-0.15, -0.1) is 0 Å². The predicted octanol–water partition coefficient (Wildman–Crippen LogP) is 4.61. The average molecular weight is 572 g/mol. The Morgan fingerprint density at radius 1 is 1.06 bits per heavy atom. The van der Waals surface area contributed by atoms with Crippen molar-refractivity contribution in [2.75, 3.05) is 39.3 Å². The molecule has 0 saturated carbocycles. The number of carbonyl (C=O) groups excluding carboxylic acids is 3. The summed E-state index contributed by atoms with van der Waals surface area (Å²) < 4.78 is 0.931. The minimum atomic E-state index is -0.137. The molecule has 2 N–H and O–H groups in total. The summed E-state index contributed by atoms with van der Waals surface area (Å²) in [6, 6.07) is 13.3. The number of amides is 2. The third-order valence-electron chi connectivity index (χ3n) is 6.24. The molecular weight excluding hydrogens is 544 g/mol. The van der Waals surface area contributed by atoms with E-state index < -0.39 is 0 Å². The number of aldehydes is 1. The molecule has 0 bridgehead atoms. The Morgan fingerprint density at radius 2 is 1.81 bits per heavy atom. The zero-order valence-corrected chi connectivity index (χ0v) is 22.1. The van der Waals surface area contributed by atoms with Crippen LogP contribution in [0.15, 0.2) is 46.9 Å². The molecule has 2 aromatic carbocycles. The molecular formula is C27H28BrClN4O3. The molecule has 0 spiro atoms. The number of benzene rings is 2. The van der Waals surface area contributed by atoms with Gasteiger partial charge in [0, 0.05) is 72.5 Å². The molecule has 9 heteroatoms. The van der Waals surface area contributed by atoms with E-state index in [0.717, 1.165) is 46.0 Å². The molecule has 4 rings (SSSR count). The van der Waals surface area contributed by atoms with E-state index in [1.54, 1.807) is 0 Å². The number of aromatic nitrogens is 1. The van der Waals surface area contributed by atoms with Crippen molar-refractivity contribution < 1.29 is 14.4 Å². The Kier molecular flexibility index (Phi) is 8.96. The van der Waals surface area contributed by atoms with Crippen molar-refractivity contribution in [3.63, 3.8) is 0 Å². The summed E-state index contributed by atoms with van der Waals surface area (Å²) in [5, 5.41) is 4.59. The minimum Gasteiger partial charge on any atom is -0.354 e. The lowest BCUT2D eigenvalue weighted by molar-refractivity contribution is -0.133. The van der Waals surface area contributed by atoms with Gasteiger partial charge in [-0.2, -0.15) is 0 Å². The van der Waals surface area contributed by atoms with Crippen LogP contribution in [0, 0.1) is 0 Å². The smallest absolute Gasteiger partial charge is 0.254 e. The lowest BCUT2D eigenvalue weighted by Crippen LogP contribution is -2.50. The molecule has 2 amide bonds. The molecule has 0 radical (unpaired) electrons. The van der Waals surface area contributed by atoms with Crippen molar-refractivity contribution >= 4 is 68.7 Å². The summed E-state index contributed by atoms with van der Waals surface area (Å²) in [7, 11) is 0. The predicted molar refractivity (Wildman–Crippen MR) is 147 cm³/mol. The summed E-state index contributed by atoms with van der Waals surface area (Å²) in [6.45, 7) is 3.98. The summed E-state index contributed by atoms with van der Waals surface area (Å²) >= 11 is 9.49. The Morgan fingerprint density at radius 3 is 2.53 bits per heavy atom. The number of nitrogens with one attached hydrogen (secondary N) is 2. The largest absolute Gasteiger partial charge is 0.354 e. The molecule has 0 atom stereocenters. The fraction of sp³-hybridized carbons (Fsp3) is 0.296. The van der Waals surface area contributed by atoms with Crippen LogP contribution in [0.4, 0.5) is 0 Å². The summed E-state index contributed by atoms with van der Waals surface area (Å²) in [6.07, 6.45) is 5.18. The summed E-state index contributed by atoms with van der Waals surface area (Å²) in [5.41, 5.74) is 3.20. The fourth-order valence-electron chi connectivity index (χ4n) is 4.29. The normalized spacial score (nSPS) is 14.4. The lowest BCUT2D eigenvalue weighted by Gasteiger charge is -2.34. The van der Waals surface area contributed by atoms with Crippen LogP contribution in [0.2, 0.25) is 5.02 Å². The third kappa shape index (κ3) is 6.63. The first kappa shape index (κ1) is 26.1. The Hall–Kier alpha value is -2.94. The molecule has 0 unspecified atom stereocenters. The standard InChI is InChI=1S/C27H28BrClN4O3/c28-20-6-9-22-24(18-20)31-23(10-5-19-3-7-21(29)8-4-19)26(22)27(36)30-11-12-32-13-15-33(16-14-32)25(35)2-1-17-34/h3-10,17-18,31H,1-2,11-16H2,(H,30,36)/b10-5+. The number of nitrogens with zero attached hydrogens (tertiary/aromatic N) is 2. The van der Waals surface area contributed by atoms with Crippen LogP contribution < -0.4 is 5.32 Å². The number of halogens is 2. The van der Waals surface area contributed by atoms with E-state index in [2.05, 4.69) is 31.1 Å². The van der Waals surface area contributed by atoms with Gasteiger partial charge in [-0.3, -0.25) is 14.5 Å². The van der Waals surface area contributed by atoms with E-state index in [0.29, 0.717) is 36.8 Å². The highest BCUT2D eigenvalue weighted by molar-refractivity contribution is 9.10. The van der Waals surface area contributed by atoms with E-state index >= 15 is 0 Å². The molecule has 2 heterocycles.